The van der Waals surface area contributed by atoms with Crippen LogP contribution in [0.25, 0.3) is 0 Å². The van der Waals surface area contributed by atoms with Gasteiger partial charge >= 0.3 is 0 Å². The molecule has 0 spiro atoms. The molecule has 0 aliphatic rings. The van der Waals surface area contributed by atoms with Gasteiger partial charge in [-0.05, 0) is 51.1 Å². The number of anilines is 1. The number of nitrogens with one attached hydrogen (secondary N) is 1. The smallest absolute Gasteiger partial charge is 0.232 e. The highest BCUT2D eigenvalue weighted by molar-refractivity contribution is 7.92. The summed E-state index contributed by atoms with van der Waals surface area (Å²) in [6.45, 7) is 5.21. The van der Waals surface area contributed by atoms with E-state index in [-0.39, 0.29) is 0 Å². The van der Waals surface area contributed by atoms with E-state index in [1.54, 1.807) is 0 Å². The van der Waals surface area contributed by atoms with Crippen molar-refractivity contribution in [1.82, 2.24) is 5.32 Å². The van der Waals surface area contributed by atoms with Gasteiger partial charge < -0.3 is 5.32 Å². The minimum atomic E-state index is -3.23. The normalized spacial score (nSPS) is 11.6. The Hall–Kier alpha value is -1.07. The second kappa shape index (κ2) is 6.20. The lowest BCUT2D eigenvalue weighted by atomic mass is 10.1. The van der Waals surface area contributed by atoms with Crippen molar-refractivity contribution in [3.8, 4) is 0 Å². The average Bonchev–Trinajstić information content (AvgIpc) is 2.27. The molecular weight excluding hydrogens is 248 g/mol. The van der Waals surface area contributed by atoms with Crippen LogP contribution in [0.3, 0.4) is 0 Å². The Morgan fingerprint density at radius 3 is 2.50 bits per heavy atom. The SMILES string of the molecule is CNCCCN(c1cc(C)ccc1C)S(C)(=O)=O. The van der Waals surface area contributed by atoms with Crippen LogP contribution in [-0.2, 0) is 10.0 Å². The Balaban J connectivity index is 3.06. The van der Waals surface area contributed by atoms with Crippen LogP contribution < -0.4 is 9.62 Å². The molecule has 102 valence electrons. The van der Waals surface area contributed by atoms with Crippen molar-refractivity contribution in [3.63, 3.8) is 0 Å². The number of nitrogens with zero attached hydrogens (tertiary/aromatic N) is 1. The molecule has 0 bridgehead atoms. The van der Waals surface area contributed by atoms with Crippen LogP contribution in [0.5, 0.6) is 0 Å². The lowest BCUT2D eigenvalue weighted by Crippen LogP contribution is -2.32. The molecule has 4 nitrogen and oxygen atoms in total. The summed E-state index contributed by atoms with van der Waals surface area (Å²) in [5.41, 5.74) is 2.84. The number of sulfonamides is 1. The maximum absolute atomic E-state index is 11.9. The van der Waals surface area contributed by atoms with Gasteiger partial charge in [-0.3, -0.25) is 4.31 Å². The van der Waals surface area contributed by atoms with E-state index in [0.717, 1.165) is 29.8 Å². The fourth-order valence-corrected chi connectivity index (χ4v) is 2.87. The van der Waals surface area contributed by atoms with Crippen LogP contribution in [0.15, 0.2) is 18.2 Å². The monoisotopic (exact) mass is 270 g/mol. The predicted octanol–water partition coefficient (Wildman–Crippen LogP) is 1.68. The summed E-state index contributed by atoms with van der Waals surface area (Å²) in [4.78, 5) is 0. The fourth-order valence-electron chi connectivity index (χ4n) is 1.85. The van der Waals surface area contributed by atoms with Crippen LogP contribution in [0, 0.1) is 13.8 Å². The third-order valence-electron chi connectivity index (χ3n) is 2.82. The highest BCUT2D eigenvalue weighted by atomic mass is 32.2. The summed E-state index contributed by atoms with van der Waals surface area (Å²) in [5, 5.41) is 3.03. The molecule has 0 saturated carbocycles. The third kappa shape index (κ3) is 3.99. The van der Waals surface area contributed by atoms with E-state index in [4.69, 9.17) is 0 Å². The number of hydrogen-bond acceptors (Lipinski definition) is 3. The van der Waals surface area contributed by atoms with Crippen molar-refractivity contribution in [3.05, 3.63) is 29.3 Å². The van der Waals surface area contributed by atoms with Gasteiger partial charge in [-0.2, -0.15) is 0 Å². The summed E-state index contributed by atoms with van der Waals surface area (Å²) in [6.07, 6.45) is 2.05. The molecule has 0 saturated heterocycles. The number of rotatable bonds is 6. The molecule has 0 aliphatic carbocycles. The van der Waals surface area contributed by atoms with Crippen LogP contribution in [0.4, 0.5) is 5.69 Å². The molecule has 5 heteroatoms. The van der Waals surface area contributed by atoms with Crippen molar-refractivity contribution in [2.24, 2.45) is 0 Å². The zero-order valence-electron chi connectivity index (χ0n) is 11.5. The minimum absolute atomic E-state index is 0.504. The predicted molar refractivity (Wildman–Crippen MR) is 76.6 cm³/mol. The van der Waals surface area contributed by atoms with E-state index in [2.05, 4.69) is 5.32 Å². The van der Waals surface area contributed by atoms with Gasteiger partial charge in [0.1, 0.15) is 0 Å². The standard InChI is InChI=1S/C13H22N2O2S/c1-11-6-7-12(2)13(10-11)15(18(4,16)17)9-5-8-14-3/h6-7,10,14H,5,8-9H2,1-4H3. The van der Waals surface area contributed by atoms with Gasteiger partial charge in [-0.1, -0.05) is 12.1 Å². The van der Waals surface area contributed by atoms with E-state index in [9.17, 15) is 8.42 Å². The lowest BCUT2D eigenvalue weighted by Gasteiger charge is -2.24. The molecule has 18 heavy (non-hydrogen) atoms. The lowest BCUT2D eigenvalue weighted by molar-refractivity contribution is 0.593. The Kier molecular flexibility index (Phi) is 5.16. The van der Waals surface area contributed by atoms with Gasteiger partial charge in [0.2, 0.25) is 10.0 Å². The van der Waals surface area contributed by atoms with E-state index in [1.165, 1.54) is 10.6 Å². The van der Waals surface area contributed by atoms with E-state index >= 15 is 0 Å². The van der Waals surface area contributed by atoms with Crippen LogP contribution in [0.1, 0.15) is 17.5 Å². The maximum Gasteiger partial charge on any atom is 0.232 e. The van der Waals surface area contributed by atoms with E-state index in [0.29, 0.717) is 6.54 Å². The molecule has 0 aliphatic heterocycles. The highest BCUT2D eigenvalue weighted by Gasteiger charge is 2.18. The largest absolute Gasteiger partial charge is 0.320 e. The quantitative estimate of drug-likeness (QED) is 0.800. The molecule has 1 aromatic rings. The van der Waals surface area contributed by atoms with E-state index in [1.807, 2.05) is 39.1 Å². The molecule has 0 atom stereocenters. The van der Waals surface area contributed by atoms with Crippen molar-refractivity contribution in [2.45, 2.75) is 20.3 Å². The van der Waals surface area contributed by atoms with Gasteiger partial charge in [0, 0.05) is 6.54 Å². The van der Waals surface area contributed by atoms with Crippen molar-refractivity contribution in [2.75, 3.05) is 30.7 Å². The molecular formula is C13H22N2O2S. The first-order chi connectivity index (χ1) is 8.36. The molecule has 1 N–H and O–H groups in total. The molecule has 0 radical (unpaired) electrons. The summed E-state index contributed by atoms with van der Waals surface area (Å²) in [5.74, 6) is 0. The second-order valence-electron chi connectivity index (χ2n) is 4.58. The first-order valence-electron chi connectivity index (χ1n) is 6.06. The van der Waals surface area contributed by atoms with Gasteiger partial charge in [-0.15, -0.1) is 0 Å². The first-order valence-corrected chi connectivity index (χ1v) is 7.90. The van der Waals surface area contributed by atoms with Crippen molar-refractivity contribution >= 4 is 15.7 Å². The molecule has 0 fully saturated rings. The Morgan fingerprint density at radius 1 is 1.28 bits per heavy atom. The van der Waals surface area contributed by atoms with E-state index < -0.39 is 10.0 Å². The Morgan fingerprint density at radius 2 is 1.94 bits per heavy atom. The minimum Gasteiger partial charge on any atom is -0.320 e. The van der Waals surface area contributed by atoms with Crippen molar-refractivity contribution in [1.29, 1.82) is 0 Å². The van der Waals surface area contributed by atoms with Gasteiger partial charge in [0.15, 0.2) is 0 Å². The summed E-state index contributed by atoms with van der Waals surface area (Å²) in [7, 11) is -1.37. The third-order valence-corrected chi connectivity index (χ3v) is 4.00. The number of benzene rings is 1. The highest BCUT2D eigenvalue weighted by Crippen LogP contribution is 2.23. The maximum atomic E-state index is 11.9. The van der Waals surface area contributed by atoms with Crippen LogP contribution in [-0.4, -0.2) is 34.8 Å². The molecule has 0 heterocycles. The van der Waals surface area contributed by atoms with Gasteiger partial charge in [0.25, 0.3) is 0 Å². The zero-order valence-corrected chi connectivity index (χ0v) is 12.3. The average molecular weight is 270 g/mol. The fraction of sp³-hybridized carbons (Fsp3) is 0.538. The molecule has 1 rings (SSSR count). The molecule has 0 amide bonds. The summed E-state index contributed by atoms with van der Waals surface area (Å²) >= 11 is 0. The topological polar surface area (TPSA) is 49.4 Å². The number of hydrogen-bond donors (Lipinski definition) is 1. The zero-order chi connectivity index (χ0) is 13.8. The van der Waals surface area contributed by atoms with Gasteiger partial charge in [0.05, 0.1) is 11.9 Å². The molecule has 0 aromatic heterocycles. The summed E-state index contributed by atoms with van der Waals surface area (Å²) in [6, 6.07) is 5.88. The summed E-state index contributed by atoms with van der Waals surface area (Å²) < 4.78 is 25.3. The molecule has 1 aromatic carbocycles. The van der Waals surface area contributed by atoms with Crippen LogP contribution in [0.2, 0.25) is 0 Å². The Labute approximate surface area is 110 Å². The first kappa shape index (κ1) is 15.0. The van der Waals surface area contributed by atoms with Crippen molar-refractivity contribution < 1.29 is 8.42 Å². The second-order valence-corrected chi connectivity index (χ2v) is 6.49. The molecule has 0 unspecified atom stereocenters. The van der Waals surface area contributed by atoms with Gasteiger partial charge in [-0.25, -0.2) is 8.42 Å². The number of aryl methyl sites for hydroxylation is 2. The Bertz CT molecular complexity index is 498. The van der Waals surface area contributed by atoms with Crippen LogP contribution >= 0.6 is 0 Å².